The molecule has 168 valence electrons. The summed E-state index contributed by atoms with van der Waals surface area (Å²) in [5.41, 5.74) is 8.20. The predicted octanol–water partition coefficient (Wildman–Crippen LogP) is 2.94. The van der Waals surface area contributed by atoms with Crippen molar-refractivity contribution in [3.63, 3.8) is 0 Å². The fourth-order valence-electron chi connectivity index (χ4n) is 3.34. The highest BCUT2D eigenvalue weighted by molar-refractivity contribution is 5.84. The third-order valence-electron chi connectivity index (χ3n) is 4.89. The van der Waals surface area contributed by atoms with Crippen LogP contribution in [0, 0.1) is 18.2 Å². The van der Waals surface area contributed by atoms with Gasteiger partial charge in [-0.3, -0.25) is 9.69 Å². The van der Waals surface area contributed by atoms with E-state index in [0.29, 0.717) is 29.8 Å². The van der Waals surface area contributed by atoms with Crippen molar-refractivity contribution in [2.45, 2.75) is 13.0 Å². The monoisotopic (exact) mass is 439 g/mol. The maximum atomic E-state index is 14.5. The van der Waals surface area contributed by atoms with Crippen molar-refractivity contribution in [2.75, 3.05) is 38.3 Å². The van der Waals surface area contributed by atoms with Gasteiger partial charge in [-0.15, -0.1) is 6.42 Å². The third-order valence-corrected chi connectivity index (χ3v) is 4.89. The Kier molecular flexibility index (Phi) is 8.38. The molecule has 2 aromatic carbocycles. The summed E-state index contributed by atoms with van der Waals surface area (Å²) in [6.07, 6.45) is 5.52. The van der Waals surface area contributed by atoms with Gasteiger partial charge in [-0.2, -0.15) is 0 Å². The van der Waals surface area contributed by atoms with Crippen molar-refractivity contribution in [3.8, 4) is 12.3 Å². The maximum Gasteiger partial charge on any atom is 0.340 e. The molecular formula is C24H26FN3O4. The highest BCUT2D eigenvalue weighted by Crippen LogP contribution is 2.27. The fourth-order valence-corrected chi connectivity index (χ4v) is 3.34. The molecule has 1 heterocycles. The standard InChI is InChI=1S/C23H24FN3O2.CH2O2/c1-5-11-27(4)14-19-17-10-9-16(26(2)3)13-21(17)29-23(28)18(19)12-15-7-6-8-20(25)22(15)24;2-1-3/h1,6-10,13H,11-12,14,25H2,2-4H3;1H,(H,2,3). The molecule has 0 aliphatic heterocycles. The molecule has 32 heavy (non-hydrogen) atoms. The molecule has 7 nitrogen and oxygen atoms in total. The minimum atomic E-state index is -0.516. The molecule has 0 aliphatic carbocycles. The number of nitrogens with zero attached hydrogens (tertiary/aromatic N) is 2. The van der Waals surface area contributed by atoms with Crippen LogP contribution in [0.5, 0.6) is 0 Å². The molecule has 8 heteroatoms. The van der Waals surface area contributed by atoms with E-state index in [9.17, 15) is 9.18 Å². The first-order valence-corrected chi connectivity index (χ1v) is 9.72. The number of anilines is 2. The number of benzene rings is 2. The minimum absolute atomic E-state index is 0.0503. The average molecular weight is 439 g/mol. The largest absolute Gasteiger partial charge is 0.483 e. The molecular weight excluding hydrogens is 413 g/mol. The van der Waals surface area contributed by atoms with Gasteiger partial charge in [0.1, 0.15) is 11.4 Å². The van der Waals surface area contributed by atoms with Crippen molar-refractivity contribution in [1.82, 2.24) is 4.90 Å². The van der Waals surface area contributed by atoms with Crippen LogP contribution in [-0.4, -0.2) is 44.2 Å². The van der Waals surface area contributed by atoms with Crippen molar-refractivity contribution in [3.05, 3.63) is 69.3 Å². The number of hydrogen-bond donors (Lipinski definition) is 2. The van der Waals surface area contributed by atoms with Gasteiger partial charge >= 0.3 is 5.63 Å². The molecule has 0 bridgehead atoms. The molecule has 0 amide bonds. The van der Waals surface area contributed by atoms with E-state index in [4.69, 9.17) is 26.5 Å². The van der Waals surface area contributed by atoms with Crippen LogP contribution in [0.1, 0.15) is 16.7 Å². The molecule has 0 aliphatic rings. The Balaban J connectivity index is 0.00000114. The highest BCUT2D eigenvalue weighted by atomic mass is 19.1. The van der Waals surface area contributed by atoms with Gasteiger partial charge in [0.05, 0.1) is 12.2 Å². The van der Waals surface area contributed by atoms with Crippen LogP contribution in [0.15, 0.2) is 45.6 Å². The summed E-state index contributed by atoms with van der Waals surface area (Å²) in [4.78, 5) is 25.1. The molecule has 0 saturated heterocycles. The van der Waals surface area contributed by atoms with Crippen molar-refractivity contribution in [1.29, 1.82) is 0 Å². The van der Waals surface area contributed by atoms with E-state index in [1.54, 1.807) is 12.1 Å². The van der Waals surface area contributed by atoms with E-state index in [1.165, 1.54) is 6.07 Å². The van der Waals surface area contributed by atoms with E-state index in [1.807, 2.05) is 49.1 Å². The summed E-state index contributed by atoms with van der Waals surface area (Å²) >= 11 is 0. The second kappa shape index (κ2) is 11.0. The zero-order valence-electron chi connectivity index (χ0n) is 18.3. The molecule has 3 aromatic rings. The van der Waals surface area contributed by atoms with E-state index in [2.05, 4.69) is 5.92 Å². The summed E-state index contributed by atoms with van der Waals surface area (Å²) < 4.78 is 20.1. The number of carbonyl (C=O) groups is 1. The van der Waals surface area contributed by atoms with Crippen molar-refractivity contribution >= 4 is 28.8 Å². The zero-order chi connectivity index (χ0) is 23.8. The van der Waals surface area contributed by atoms with Gasteiger partial charge < -0.3 is 20.2 Å². The first-order valence-electron chi connectivity index (χ1n) is 9.72. The van der Waals surface area contributed by atoms with Gasteiger partial charge in [0.25, 0.3) is 6.47 Å². The molecule has 1 aromatic heterocycles. The molecule has 3 N–H and O–H groups in total. The Morgan fingerprint density at radius 2 is 1.91 bits per heavy atom. The van der Waals surface area contributed by atoms with Crippen LogP contribution in [0.2, 0.25) is 0 Å². The van der Waals surface area contributed by atoms with Gasteiger partial charge in [0.2, 0.25) is 0 Å². The number of fused-ring (bicyclic) bond motifs is 1. The lowest BCUT2D eigenvalue weighted by Gasteiger charge is -2.19. The maximum absolute atomic E-state index is 14.5. The summed E-state index contributed by atoms with van der Waals surface area (Å²) in [5.74, 6) is 2.09. The first-order chi connectivity index (χ1) is 15.2. The molecule has 0 spiro atoms. The Bertz CT molecular complexity index is 1200. The van der Waals surface area contributed by atoms with E-state index in [0.717, 1.165) is 16.6 Å². The lowest BCUT2D eigenvalue weighted by atomic mass is 9.97. The van der Waals surface area contributed by atoms with Crippen LogP contribution in [0.25, 0.3) is 11.0 Å². The molecule has 0 saturated carbocycles. The summed E-state index contributed by atoms with van der Waals surface area (Å²) in [6.45, 7) is 0.608. The van der Waals surface area contributed by atoms with Crippen LogP contribution in [-0.2, 0) is 17.8 Å². The van der Waals surface area contributed by atoms with Crippen LogP contribution in [0.4, 0.5) is 15.8 Å². The number of carboxylic acid groups (broad SMARTS) is 1. The second-order valence-electron chi connectivity index (χ2n) is 7.40. The van der Waals surface area contributed by atoms with Crippen LogP contribution < -0.4 is 16.3 Å². The van der Waals surface area contributed by atoms with Gasteiger partial charge in [0.15, 0.2) is 0 Å². The minimum Gasteiger partial charge on any atom is -0.483 e. The number of terminal acetylenes is 1. The molecule has 0 atom stereocenters. The normalized spacial score (nSPS) is 10.4. The third kappa shape index (κ3) is 5.65. The first kappa shape index (κ1) is 24.4. The number of rotatable bonds is 6. The number of halogens is 1. The van der Waals surface area contributed by atoms with Crippen molar-refractivity contribution < 1.29 is 18.7 Å². The second-order valence-corrected chi connectivity index (χ2v) is 7.40. The lowest BCUT2D eigenvalue weighted by molar-refractivity contribution is -0.122. The predicted molar refractivity (Wildman–Crippen MR) is 124 cm³/mol. The smallest absolute Gasteiger partial charge is 0.340 e. The topological polar surface area (TPSA) is 100 Å². The van der Waals surface area contributed by atoms with Gasteiger partial charge in [-0.25, -0.2) is 9.18 Å². The lowest BCUT2D eigenvalue weighted by Crippen LogP contribution is -2.22. The van der Waals surface area contributed by atoms with Gasteiger partial charge in [-0.05, 0) is 36.4 Å². The summed E-state index contributed by atoms with van der Waals surface area (Å²) in [6, 6.07) is 10.5. The average Bonchev–Trinajstić information content (AvgIpc) is 2.73. The van der Waals surface area contributed by atoms with E-state index >= 15 is 0 Å². The molecule has 0 fully saturated rings. The van der Waals surface area contributed by atoms with E-state index in [-0.39, 0.29) is 18.6 Å². The Morgan fingerprint density at radius 1 is 1.22 bits per heavy atom. The van der Waals surface area contributed by atoms with E-state index < -0.39 is 11.4 Å². The molecule has 3 rings (SSSR count). The quantitative estimate of drug-likeness (QED) is 0.264. The highest BCUT2D eigenvalue weighted by Gasteiger charge is 2.19. The summed E-state index contributed by atoms with van der Waals surface area (Å²) in [5, 5.41) is 7.69. The van der Waals surface area contributed by atoms with Gasteiger partial charge in [-0.1, -0.05) is 18.1 Å². The number of nitrogen functional groups attached to an aromatic ring is 1. The Hall–Kier alpha value is -3.83. The van der Waals surface area contributed by atoms with Crippen LogP contribution in [0.3, 0.4) is 0 Å². The number of hydrogen-bond acceptors (Lipinski definition) is 6. The van der Waals surface area contributed by atoms with Crippen molar-refractivity contribution in [2.24, 2.45) is 0 Å². The molecule has 0 unspecified atom stereocenters. The Labute approximate surface area is 185 Å². The SMILES string of the molecule is C#CCN(C)Cc1c(Cc2cccc(N)c2F)c(=O)oc2cc(N(C)C)ccc12.O=CO. The Morgan fingerprint density at radius 3 is 2.53 bits per heavy atom. The number of nitrogens with two attached hydrogens (primary N) is 1. The molecule has 0 radical (unpaired) electrons. The summed E-state index contributed by atoms with van der Waals surface area (Å²) in [7, 11) is 5.70. The van der Waals surface area contributed by atoms with Gasteiger partial charge in [0, 0.05) is 49.8 Å². The fraction of sp³-hybridized carbons (Fsp3) is 0.250. The zero-order valence-corrected chi connectivity index (χ0v) is 18.3. The van der Waals surface area contributed by atoms with Crippen LogP contribution >= 0.6 is 0 Å².